The van der Waals surface area contributed by atoms with E-state index in [0.717, 1.165) is 12.8 Å². The third-order valence-electron chi connectivity index (χ3n) is 4.00. The standard InChI is InChI=1S/C15H22O/c1-10(2)13-6-5-12-7-8-15(16,11(3)4)14(12)9-13/h5-6,9-11,16H,7-8H2,1-4H3. The molecule has 0 radical (unpaired) electrons. The second-order valence-electron chi connectivity index (χ2n) is 5.65. The van der Waals surface area contributed by atoms with E-state index >= 15 is 0 Å². The lowest BCUT2D eigenvalue weighted by Gasteiger charge is -2.29. The SMILES string of the molecule is CC(C)c1ccc2c(c1)C(O)(C(C)C)CC2. The Balaban J connectivity index is 2.48. The van der Waals surface area contributed by atoms with Crippen molar-refractivity contribution in [3.63, 3.8) is 0 Å². The molecule has 0 bridgehead atoms. The summed E-state index contributed by atoms with van der Waals surface area (Å²) in [5.41, 5.74) is 3.24. The fourth-order valence-corrected chi connectivity index (χ4v) is 2.63. The van der Waals surface area contributed by atoms with Crippen molar-refractivity contribution in [2.75, 3.05) is 0 Å². The van der Waals surface area contributed by atoms with E-state index in [4.69, 9.17) is 0 Å². The van der Waals surface area contributed by atoms with Gasteiger partial charge in [-0.05, 0) is 41.4 Å². The van der Waals surface area contributed by atoms with Crippen molar-refractivity contribution in [3.8, 4) is 0 Å². The zero-order valence-electron chi connectivity index (χ0n) is 10.7. The Morgan fingerprint density at radius 3 is 2.44 bits per heavy atom. The van der Waals surface area contributed by atoms with Crippen molar-refractivity contribution >= 4 is 0 Å². The quantitative estimate of drug-likeness (QED) is 0.804. The second kappa shape index (κ2) is 3.89. The Kier molecular flexibility index (Phi) is 2.83. The molecule has 2 rings (SSSR count). The summed E-state index contributed by atoms with van der Waals surface area (Å²) >= 11 is 0. The molecule has 0 saturated heterocycles. The minimum atomic E-state index is -0.597. The van der Waals surface area contributed by atoms with Crippen molar-refractivity contribution in [2.45, 2.75) is 52.1 Å². The minimum absolute atomic E-state index is 0.288. The first-order valence-corrected chi connectivity index (χ1v) is 6.31. The van der Waals surface area contributed by atoms with Crippen molar-refractivity contribution < 1.29 is 5.11 Å². The number of benzene rings is 1. The molecule has 0 heterocycles. The molecule has 0 amide bonds. The van der Waals surface area contributed by atoms with Gasteiger partial charge in [0.05, 0.1) is 5.60 Å². The molecular formula is C15H22O. The van der Waals surface area contributed by atoms with Crippen LogP contribution >= 0.6 is 0 Å². The third kappa shape index (κ3) is 1.67. The van der Waals surface area contributed by atoms with Crippen molar-refractivity contribution in [3.05, 3.63) is 34.9 Å². The summed E-state index contributed by atoms with van der Waals surface area (Å²) in [4.78, 5) is 0. The Morgan fingerprint density at radius 1 is 1.19 bits per heavy atom. The van der Waals surface area contributed by atoms with Crippen LogP contribution in [0, 0.1) is 5.92 Å². The van der Waals surface area contributed by atoms with E-state index in [1.165, 1.54) is 16.7 Å². The van der Waals surface area contributed by atoms with E-state index in [0.29, 0.717) is 5.92 Å². The van der Waals surface area contributed by atoms with E-state index in [9.17, 15) is 5.11 Å². The van der Waals surface area contributed by atoms with Gasteiger partial charge in [-0.2, -0.15) is 0 Å². The van der Waals surface area contributed by atoms with Gasteiger partial charge in [-0.25, -0.2) is 0 Å². The first-order valence-electron chi connectivity index (χ1n) is 6.31. The highest BCUT2D eigenvalue weighted by Crippen LogP contribution is 2.42. The molecule has 1 unspecified atom stereocenters. The van der Waals surface area contributed by atoms with Crippen LogP contribution in [-0.4, -0.2) is 5.11 Å². The molecule has 88 valence electrons. The molecule has 0 spiro atoms. The molecule has 1 N–H and O–H groups in total. The van der Waals surface area contributed by atoms with Gasteiger partial charge >= 0.3 is 0 Å². The van der Waals surface area contributed by atoms with Gasteiger partial charge in [-0.1, -0.05) is 45.9 Å². The van der Waals surface area contributed by atoms with E-state index < -0.39 is 5.60 Å². The maximum atomic E-state index is 10.7. The molecule has 0 saturated carbocycles. The van der Waals surface area contributed by atoms with E-state index in [-0.39, 0.29) is 5.92 Å². The monoisotopic (exact) mass is 218 g/mol. The average molecular weight is 218 g/mol. The van der Waals surface area contributed by atoms with Gasteiger partial charge in [0.25, 0.3) is 0 Å². The van der Waals surface area contributed by atoms with Gasteiger partial charge in [0.2, 0.25) is 0 Å². The summed E-state index contributed by atoms with van der Waals surface area (Å²) < 4.78 is 0. The zero-order chi connectivity index (χ0) is 11.9. The molecular weight excluding hydrogens is 196 g/mol. The molecule has 1 aliphatic rings. The van der Waals surface area contributed by atoms with Crippen LogP contribution in [0.25, 0.3) is 0 Å². The van der Waals surface area contributed by atoms with Crippen molar-refractivity contribution in [1.82, 2.24) is 0 Å². The highest BCUT2D eigenvalue weighted by atomic mass is 16.3. The fourth-order valence-electron chi connectivity index (χ4n) is 2.63. The number of fused-ring (bicyclic) bond motifs is 1. The lowest BCUT2D eigenvalue weighted by atomic mass is 9.83. The summed E-state index contributed by atoms with van der Waals surface area (Å²) in [5.74, 6) is 0.818. The predicted molar refractivity (Wildman–Crippen MR) is 67.6 cm³/mol. The Morgan fingerprint density at radius 2 is 1.88 bits per heavy atom. The summed E-state index contributed by atoms with van der Waals surface area (Å²) in [6.45, 7) is 8.62. The largest absolute Gasteiger partial charge is 0.385 e. The van der Waals surface area contributed by atoms with E-state index in [1.54, 1.807) is 0 Å². The molecule has 16 heavy (non-hydrogen) atoms. The Labute approximate surface area is 98.5 Å². The summed E-state index contributed by atoms with van der Waals surface area (Å²) in [6, 6.07) is 6.62. The topological polar surface area (TPSA) is 20.2 Å². The fraction of sp³-hybridized carbons (Fsp3) is 0.600. The number of hydrogen-bond donors (Lipinski definition) is 1. The van der Waals surface area contributed by atoms with Crippen LogP contribution in [-0.2, 0) is 12.0 Å². The van der Waals surface area contributed by atoms with Crippen LogP contribution in [0.5, 0.6) is 0 Å². The van der Waals surface area contributed by atoms with Crippen molar-refractivity contribution in [1.29, 1.82) is 0 Å². The minimum Gasteiger partial charge on any atom is -0.385 e. The molecule has 0 aromatic heterocycles. The molecule has 0 fully saturated rings. The molecule has 1 aromatic rings. The van der Waals surface area contributed by atoms with Crippen LogP contribution in [0.2, 0.25) is 0 Å². The maximum absolute atomic E-state index is 10.7. The van der Waals surface area contributed by atoms with Crippen molar-refractivity contribution in [2.24, 2.45) is 5.92 Å². The summed E-state index contributed by atoms with van der Waals surface area (Å²) in [6.07, 6.45) is 1.89. The molecule has 1 nitrogen and oxygen atoms in total. The Bertz CT molecular complexity index is 392. The van der Waals surface area contributed by atoms with Gasteiger partial charge in [0.15, 0.2) is 0 Å². The van der Waals surface area contributed by atoms with Gasteiger partial charge in [0.1, 0.15) is 0 Å². The Hall–Kier alpha value is -0.820. The first-order chi connectivity index (χ1) is 7.45. The third-order valence-corrected chi connectivity index (χ3v) is 4.00. The van der Waals surface area contributed by atoms with Gasteiger partial charge < -0.3 is 5.11 Å². The highest BCUT2D eigenvalue weighted by Gasteiger charge is 2.39. The predicted octanol–water partition coefficient (Wildman–Crippen LogP) is 3.60. The molecule has 1 heteroatoms. The number of rotatable bonds is 2. The maximum Gasteiger partial charge on any atom is 0.0925 e. The first kappa shape index (κ1) is 11.7. The van der Waals surface area contributed by atoms with Crippen LogP contribution in [0.1, 0.15) is 56.7 Å². The number of aryl methyl sites for hydroxylation is 1. The average Bonchev–Trinajstić information content (AvgIpc) is 2.57. The van der Waals surface area contributed by atoms with Crippen LogP contribution in [0.4, 0.5) is 0 Å². The van der Waals surface area contributed by atoms with Crippen LogP contribution in [0.3, 0.4) is 0 Å². The molecule has 1 aromatic carbocycles. The normalized spacial score (nSPS) is 24.2. The lowest BCUT2D eigenvalue weighted by molar-refractivity contribution is -0.00824. The number of hydrogen-bond acceptors (Lipinski definition) is 1. The molecule has 1 atom stereocenters. The summed E-state index contributed by atoms with van der Waals surface area (Å²) in [5, 5.41) is 10.7. The molecule has 1 aliphatic carbocycles. The van der Waals surface area contributed by atoms with E-state index in [1.807, 2.05) is 0 Å². The van der Waals surface area contributed by atoms with Gasteiger partial charge in [-0.3, -0.25) is 0 Å². The van der Waals surface area contributed by atoms with Gasteiger partial charge in [0, 0.05) is 0 Å². The van der Waals surface area contributed by atoms with Crippen LogP contribution in [0.15, 0.2) is 18.2 Å². The summed E-state index contributed by atoms with van der Waals surface area (Å²) in [7, 11) is 0. The lowest BCUT2D eigenvalue weighted by Crippen LogP contribution is -2.29. The number of aliphatic hydroxyl groups is 1. The second-order valence-corrected chi connectivity index (χ2v) is 5.65. The van der Waals surface area contributed by atoms with Crippen LogP contribution < -0.4 is 0 Å². The van der Waals surface area contributed by atoms with E-state index in [2.05, 4.69) is 45.9 Å². The molecule has 0 aliphatic heterocycles. The highest BCUT2D eigenvalue weighted by molar-refractivity contribution is 5.41. The smallest absolute Gasteiger partial charge is 0.0925 e. The van der Waals surface area contributed by atoms with Gasteiger partial charge in [-0.15, -0.1) is 0 Å². The zero-order valence-corrected chi connectivity index (χ0v) is 10.7.